The van der Waals surface area contributed by atoms with Crippen molar-refractivity contribution in [1.82, 2.24) is 10.2 Å². The van der Waals surface area contributed by atoms with Gasteiger partial charge < -0.3 is 10.2 Å². The Bertz CT molecular complexity index is 273. The van der Waals surface area contributed by atoms with Crippen molar-refractivity contribution in [2.75, 3.05) is 20.1 Å². The van der Waals surface area contributed by atoms with E-state index in [4.69, 9.17) is 0 Å². The number of nitrogens with zero attached hydrogens (tertiary/aromatic N) is 1. The molecule has 0 amide bonds. The topological polar surface area (TPSA) is 15.3 Å². The molecule has 3 atom stereocenters. The van der Waals surface area contributed by atoms with Gasteiger partial charge in [0.05, 0.1) is 0 Å². The first-order valence-corrected chi connectivity index (χ1v) is 9.66. The molecule has 2 fully saturated rings. The van der Waals surface area contributed by atoms with E-state index in [-0.39, 0.29) is 0 Å². The lowest BCUT2D eigenvalue weighted by Gasteiger charge is -2.40. The normalized spacial score (nSPS) is 29.7. The van der Waals surface area contributed by atoms with Gasteiger partial charge in [-0.3, -0.25) is 0 Å². The molecule has 0 aromatic heterocycles. The molecule has 0 heterocycles. The van der Waals surface area contributed by atoms with E-state index in [1.54, 1.807) is 0 Å². The zero-order chi connectivity index (χ0) is 15.1. The molecule has 2 nitrogen and oxygen atoms in total. The number of hydrogen-bond acceptors (Lipinski definition) is 2. The highest BCUT2D eigenvalue weighted by Gasteiger charge is 2.29. The van der Waals surface area contributed by atoms with Crippen molar-refractivity contribution < 1.29 is 0 Å². The third-order valence-corrected chi connectivity index (χ3v) is 5.99. The largest absolute Gasteiger partial charge is 0.312 e. The number of hydrogen-bond donors (Lipinski definition) is 1. The Morgan fingerprint density at radius 3 is 2.33 bits per heavy atom. The average molecular weight is 295 g/mol. The third kappa shape index (κ3) is 5.25. The van der Waals surface area contributed by atoms with Crippen LogP contribution in [0.2, 0.25) is 0 Å². The molecule has 0 bridgehead atoms. The Kier molecular flexibility index (Phi) is 7.53. The molecular weight excluding hydrogens is 256 g/mol. The summed E-state index contributed by atoms with van der Waals surface area (Å²) in [6.45, 7) is 7.21. The summed E-state index contributed by atoms with van der Waals surface area (Å²) in [5.74, 6) is 1.81. The van der Waals surface area contributed by atoms with Gasteiger partial charge in [0.25, 0.3) is 0 Å². The molecule has 3 unspecified atom stereocenters. The molecule has 0 spiro atoms. The molecule has 0 saturated heterocycles. The highest BCUT2D eigenvalue weighted by molar-refractivity contribution is 4.86. The standard InChI is InChI=1S/C19H38N2/c1-4-14-20-18(17-11-6-5-7-12-17)15-21(3)19-13-9-8-10-16(19)2/h16-20H,4-15H2,1-3H3. The zero-order valence-electron chi connectivity index (χ0n) is 14.7. The first-order chi connectivity index (χ1) is 10.2. The minimum Gasteiger partial charge on any atom is -0.312 e. The predicted molar refractivity (Wildman–Crippen MR) is 92.7 cm³/mol. The predicted octanol–water partition coefficient (Wildman–Crippen LogP) is 4.45. The molecule has 21 heavy (non-hydrogen) atoms. The third-order valence-electron chi connectivity index (χ3n) is 5.99. The van der Waals surface area contributed by atoms with E-state index in [9.17, 15) is 0 Å². The van der Waals surface area contributed by atoms with Gasteiger partial charge in [-0.05, 0) is 57.5 Å². The maximum Gasteiger partial charge on any atom is 0.0223 e. The van der Waals surface area contributed by atoms with E-state index in [0.29, 0.717) is 0 Å². The number of likely N-dealkylation sites (N-methyl/N-ethyl adjacent to an activating group) is 1. The maximum absolute atomic E-state index is 3.88. The molecule has 2 aliphatic carbocycles. The summed E-state index contributed by atoms with van der Waals surface area (Å²) in [6.07, 6.45) is 14.3. The lowest BCUT2D eigenvalue weighted by Crippen LogP contribution is -2.50. The monoisotopic (exact) mass is 294 g/mol. The van der Waals surface area contributed by atoms with E-state index in [1.807, 2.05) is 0 Å². The minimum atomic E-state index is 0.726. The SMILES string of the molecule is CCCNC(CN(C)C1CCCCC1C)C1CCCCC1. The number of nitrogens with one attached hydrogen (secondary N) is 1. The lowest BCUT2D eigenvalue weighted by molar-refractivity contribution is 0.110. The summed E-state index contributed by atoms with van der Waals surface area (Å²) in [6, 6.07) is 1.55. The Hall–Kier alpha value is -0.0800. The molecule has 2 aliphatic rings. The van der Waals surface area contributed by atoms with Crippen LogP contribution in [0.4, 0.5) is 0 Å². The summed E-state index contributed by atoms with van der Waals surface area (Å²) in [7, 11) is 2.38. The molecule has 1 N–H and O–H groups in total. The van der Waals surface area contributed by atoms with Gasteiger partial charge in [0.15, 0.2) is 0 Å². The fraction of sp³-hybridized carbons (Fsp3) is 1.00. The molecule has 124 valence electrons. The minimum absolute atomic E-state index is 0.726. The van der Waals surface area contributed by atoms with Gasteiger partial charge >= 0.3 is 0 Å². The van der Waals surface area contributed by atoms with Crippen LogP contribution >= 0.6 is 0 Å². The molecular formula is C19H38N2. The Morgan fingerprint density at radius 1 is 1.00 bits per heavy atom. The van der Waals surface area contributed by atoms with Crippen LogP contribution in [0.1, 0.15) is 78.1 Å². The fourth-order valence-electron chi connectivity index (χ4n) is 4.64. The quantitative estimate of drug-likeness (QED) is 0.746. The fourth-order valence-corrected chi connectivity index (χ4v) is 4.64. The molecule has 0 aromatic rings. The first kappa shape index (κ1) is 17.3. The van der Waals surface area contributed by atoms with Crippen LogP contribution in [0.5, 0.6) is 0 Å². The second-order valence-electron chi connectivity index (χ2n) is 7.73. The summed E-state index contributed by atoms with van der Waals surface area (Å²) >= 11 is 0. The van der Waals surface area contributed by atoms with Crippen LogP contribution in [0, 0.1) is 11.8 Å². The van der Waals surface area contributed by atoms with Crippen LogP contribution in [-0.4, -0.2) is 37.1 Å². The van der Waals surface area contributed by atoms with E-state index in [2.05, 4.69) is 31.1 Å². The molecule has 2 heteroatoms. The van der Waals surface area contributed by atoms with Gasteiger partial charge in [-0.15, -0.1) is 0 Å². The Morgan fingerprint density at radius 2 is 1.67 bits per heavy atom. The molecule has 2 rings (SSSR count). The molecule has 0 aromatic carbocycles. The summed E-state index contributed by atoms with van der Waals surface area (Å²) in [4.78, 5) is 2.70. The second kappa shape index (κ2) is 9.15. The van der Waals surface area contributed by atoms with Crippen LogP contribution in [0.15, 0.2) is 0 Å². The molecule has 0 radical (unpaired) electrons. The van der Waals surface area contributed by atoms with Crippen LogP contribution < -0.4 is 5.32 Å². The van der Waals surface area contributed by atoms with Gasteiger partial charge in [-0.25, -0.2) is 0 Å². The van der Waals surface area contributed by atoms with Crippen LogP contribution in [-0.2, 0) is 0 Å². The van der Waals surface area contributed by atoms with E-state index in [0.717, 1.165) is 23.9 Å². The van der Waals surface area contributed by atoms with Crippen molar-refractivity contribution >= 4 is 0 Å². The highest BCUT2D eigenvalue weighted by Crippen LogP contribution is 2.30. The van der Waals surface area contributed by atoms with Crippen molar-refractivity contribution in [1.29, 1.82) is 0 Å². The Balaban J connectivity index is 1.89. The van der Waals surface area contributed by atoms with Crippen LogP contribution in [0.3, 0.4) is 0 Å². The van der Waals surface area contributed by atoms with E-state index in [1.165, 1.54) is 77.3 Å². The molecule has 2 saturated carbocycles. The second-order valence-corrected chi connectivity index (χ2v) is 7.73. The summed E-state index contributed by atoms with van der Waals surface area (Å²) < 4.78 is 0. The van der Waals surface area contributed by atoms with Crippen molar-refractivity contribution in [3.05, 3.63) is 0 Å². The van der Waals surface area contributed by atoms with Gasteiger partial charge in [-0.2, -0.15) is 0 Å². The van der Waals surface area contributed by atoms with Crippen molar-refractivity contribution in [3.8, 4) is 0 Å². The van der Waals surface area contributed by atoms with E-state index >= 15 is 0 Å². The molecule has 0 aliphatic heterocycles. The smallest absolute Gasteiger partial charge is 0.0223 e. The number of rotatable bonds is 7. The lowest BCUT2D eigenvalue weighted by atomic mass is 9.82. The summed E-state index contributed by atoms with van der Waals surface area (Å²) in [5, 5.41) is 3.88. The van der Waals surface area contributed by atoms with Gasteiger partial charge in [-0.1, -0.05) is 46.0 Å². The van der Waals surface area contributed by atoms with Crippen molar-refractivity contribution in [3.63, 3.8) is 0 Å². The van der Waals surface area contributed by atoms with E-state index < -0.39 is 0 Å². The van der Waals surface area contributed by atoms with Crippen molar-refractivity contribution in [2.24, 2.45) is 11.8 Å². The maximum atomic E-state index is 3.88. The highest BCUT2D eigenvalue weighted by atomic mass is 15.2. The summed E-state index contributed by atoms with van der Waals surface area (Å²) in [5.41, 5.74) is 0. The van der Waals surface area contributed by atoms with Gasteiger partial charge in [0.1, 0.15) is 0 Å². The van der Waals surface area contributed by atoms with Crippen molar-refractivity contribution in [2.45, 2.75) is 90.1 Å². The zero-order valence-corrected chi connectivity index (χ0v) is 14.7. The Labute approximate surface area is 133 Å². The van der Waals surface area contributed by atoms with Gasteiger partial charge in [0, 0.05) is 18.6 Å². The average Bonchev–Trinajstić information content (AvgIpc) is 2.52. The van der Waals surface area contributed by atoms with Crippen LogP contribution in [0.25, 0.3) is 0 Å². The van der Waals surface area contributed by atoms with Gasteiger partial charge in [0.2, 0.25) is 0 Å². The first-order valence-electron chi connectivity index (χ1n) is 9.66.